The number of hydrogen-bond acceptors (Lipinski definition) is 8. The van der Waals surface area contributed by atoms with Gasteiger partial charge in [0.2, 0.25) is 0 Å². The van der Waals surface area contributed by atoms with Gasteiger partial charge >= 0.3 is 5.97 Å². The molecule has 4 aromatic rings. The van der Waals surface area contributed by atoms with E-state index < -0.39 is 5.97 Å². The second kappa shape index (κ2) is 14.2. The lowest BCUT2D eigenvalue weighted by Crippen LogP contribution is -2.29. The molecule has 0 unspecified atom stereocenters. The van der Waals surface area contributed by atoms with Crippen molar-refractivity contribution < 1.29 is 24.2 Å². The monoisotopic (exact) mass is 639 g/mol. The minimum atomic E-state index is -0.984. The normalized spacial score (nSPS) is 16.2. The molecule has 0 saturated carbocycles. The highest BCUT2D eigenvalue weighted by atomic mass is 32.2. The van der Waals surface area contributed by atoms with E-state index in [0.717, 1.165) is 53.0 Å². The number of amides is 1. The van der Waals surface area contributed by atoms with Gasteiger partial charge in [0.05, 0.1) is 22.6 Å². The van der Waals surface area contributed by atoms with Crippen LogP contribution >= 0.6 is 24.0 Å². The van der Waals surface area contributed by atoms with E-state index in [1.807, 2.05) is 54.7 Å². The Morgan fingerprint density at radius 3 is 2.56 bits per heavy atom. The number of benzene rings is 3. The van der Waals surface area contributed by atoms with Crippen LogP contribution in [0.15, 0.2) is 83.9 Å². The molecule has 2 fully saturated rings. The van der Waals surface area contributed by atoms with E-state index in [1.54, 1.807) is 17.0 Å². The van der Waals surface area contributed by atoms with Gasteiger partial charge in [-0.15, -0.1) is 0 Å². The number of rotatable bonds is 12. The van der Waals surface area contributed by atoms with Crippen LogP contribution in [0.2, 0.25) is 0 Å². The molecule has 0 radical (unpaired) electrons. The third kappa shape index (κ3) is 7.53. The third-order valence-corrected chi connectivity index (χ3v) is 9.23. The van der Waals surface area contributed by atoms with E-state index in [2.05, 4.69) is 16.0 Å². The summed E-state index contributed by atoms with van der Waals surface area (Å²) in [6.07, 6.45) is 6.78. The summed E-state index contributed by atoms with van der Waals surface area (Å²) in [7, 11) is 0. The van der Waals surface area contributed by atoms with Crippen LogP contribution in [0, 0.1) is 0 Å². The van der Waals surface area contributed by atoms with Gasteiger partial charge in [-0.2, -0.15) is 0 Å². The molecule has 8 nitrogen and oxygen atoms in total. The van der Waals surface area contributed by atoms with Gasteiger partial charge in [0.15, 0.2) is 0 Å². The molecule has 10 heteroatoms. The molecule has 1 amide bonds. The van der Waals surface area contributed by atoms with Crippen molar-refractivity contribution in [1.29, 1.82) is 0 Å². The van der Waals surface area contributed by atoms with Gasteiger partial charge < -0.3 is 14.6 Å². The van der Waals surface area contributed by atoms with E-state index in [4.69, 9.17) is 26.8 Å². The van der Waals surface area contributed by atoms with Gasteiger partial charge in [-0.3, -0.25) is 19.6 Å². The zero-order chi connectivity index (χ0) is 31.2. The van der Waals surface area contributed by atoms with Crippen molar-refractivity contribution in [3.63, 3.8) is 0 Å². The van der Waals surface area contributed by atoms with Crippen LogP contribution in [0.4, 0.5) is 0 Å². The largest absolute Gasteiger partial charge is 0.494 e. The van der Waals surface area contributed by atoms with E-state index in [1.165, 1.54) is 36.7 Å². The first-order valence-corrected chi connectivity index (χ1v) is 16.2. The van der Waals surface area contributed by atoms with Gasteiger partial charge in [-0.05, 0) is 92.5 Å². The van der Waals surface area contributed by atoms with Gasteiger partial charge in [-0.1, -0.05) is 48.2 Å². The van der Waals surface area contributed by atoms with Crippen LogP contribution in [-0.2, 0) is 4.79 Å². The minimum absolute atomic E-state index is 0.142. The highest BCUT2D eigenvalue weighted by molar-refractivity contribution is 8.26. The summed E-state index contributed by atoms with van der Waals surface area (Å²) in [6, 6.07) is 22.5. The predicted octanol–water partition coefficient (Wildman–Crippen LogP) is 6.74. The SMILES string of the molecule is O=C(O)c1ccc(OCCCN2C(=O)/C(=C/c3cc(-c4cnc5ccccc5c4)ccc3OCCN3CCCC3)SC2=S)cc1. The van der Waals surface area contributed by atoms with Crippen molar-refractivity contribution in [2.45, 2.75) is 19.3 Å². The van der Waals surface area contributed by atoms with Crippen molar-refractivity contribution in [1.82, 2.24) is 14.8 Å². The number of thiocarbonyl (C=S) groups is 1. The Labute approximate surface area is 271 Å². The number of nitrogens with zero attached hydrogens (tertiary/aromatic N) is 3. The van der Waals surface area contributed by atoms with Crippen LogP contribution in [0.3, 0.4) is 0 Å². The number of thioether (sulfide) groups is 1. The molecule has 1 N–H and O–H groups in total. The maximum atomic E-state index is 13.5. The highest BCUT2D eigenvalue weighted by Gasteiger charge is 2.32. The highest BCUT2D eigenvalue weighted by Crippen LogP contribution is 2.36. The van der Waals surface area contributed by atoms with Crippen LogP contribution in [0.1, 0.15) is 35.2 Å². The lowest BCUT2D eigenvalue weighted by atomic mass is 10.0. The number of pyridine rings is 1. The Morgan fingerprint density at radius 2 is 1.76 bits per heavy atom. The molecule has 0 bridgehead atoms. The lowest BCUT2D eigenvalue weighted by molar-refractivity contribution is -0.122. The summed E-state index contributed by atoms with van der Waals surface area (Å²) >= 11 is 6.88. The number of likely N-dealkylation sites (tertiary alicyclic amines) is 1. The number of carbonyl (C=O) groups is 2. The Kier molecular flexibility index (Phi) is 9.73. The van der Waals surface area contributed by atoms with Gasteiger partial charge in [-0.25, -0.2) is 4.79 Å². The molecule has 45 heavy (non-hydrogen) atoms. The average molecular weight is 640 g/mol. The smallest absolute Gasteiger partial charge is 0.335 e. The average Bonchev–Trinajstić information content (AvgIpc) is 3.67. The summed E-state index contributed by atoms with van der Waals surface area (Å²) in [5.74, 6) is 0.169. The molecule has 2 aliphatic heterocycles. The van der Waals surface area contributed by atoms with Crippen molar-refractivity contribution in [2.24, 2.45) is 0 Å². The van der Waals surface area contributed by atoms with Gasteiger partial charge in [0, 0.05) is 35.8 Å². The lowest BCUT2D eigenvalue weighted by Gasteiger charge is -2.17. The fourth-order valence-corrected chi connectivity index (χ4v) is 6.73. The second-order valence-corrected chi connectivity index (χ2v) is 12.6. The number of carbonyl (C=O) groups excluding carboxylic acids is 1. The Morgan fingerprint density at radius 1 is 0.956 bits per heavy atom. The number of aromatic nitrogens is 1. The van der Waals surface area contributed by atoms with Gasteiger partial charge in [0.1, 0.15) is 22.4 Å². The zero-order valence-corrected chi connectivity index (χ0v) is 26.3. The number of aromatic carboxylic acids is 1. The first kappa shape index (κ1) is 30.8. The van der Waals surface area contributed by atoms with Crippen molar-refractivity contribution in [2.75, 3.05) is 39.4 Å². The number of ether oxygens (including phenoxy) is 2. The maximum absolute atomic E-state index is 13.5. The van der Waals surface area contributed by atoms with Crippen molar-refractivity contribution in [3.05, 3.63) is 95.0 Å². The third-order valence-electron chi connectivity index (χ3n) is 7.85. The molecule has 0 atom stereocenters. The molecule has 0 aliphatic carbocycles. The first-order valence-electron chi connectivity index (χ1n) is 15.0. The molecule has 3 aromatic carbocycles. The molecule has 3 heterocycles. The van der Waals surface area contributed by atoms with Crippen LogP contribution in [-0.4, -0.2) is 75.5 Å². The molecule has 6 rings (SSSR count). The van der Waals surface area contributed by atoms with E-state index in [9.17, 15) is 9.59 Å². The minimum Gasteiger partial charge on any atom is -0.494 e. The summed E-state index contributed by atoms with van der Waals surface area (Å²) < 4.78 is 12.5. The molecule has 2 saturated heterocycles. The molecular weight excluding hydrogens is 607 g/mol. The van der Waals surface area contributed by atoms with Gasteiger partial charge in [0.25, 0.3) is 5.91 Å². The standard InChI is InChI=1S/C35H33N3O5S2/c39-33-32(45-35(44)38(33)16-5-18-42-29-11-8-24(9-12-29)34(40)41)22-27-20-25(28-21-26-6-1-2-7-30(26)36-23-28)10-13-31(27)43-19-17-37-14-3-4-15-37/h1-2,6-13,20-23H,3-5,14-19H2,(H,40,41)/b32-22-. The molecule has 0 spiro atoms. The van der Waals surface area contributed by atoms with Crippen molar-refractivity contribution in [3.8, 4) is 22.6 Å². The maximum Gasteiger partial charge on any atom is 0.335 e. The fraction of sp³-hybridized carbons (Fsp3) is 0.257. The molecule has 1 aromatic heterocycles. The van der Waals surface area contributed by atoms with E-state index in [0.29, 0.717) is 41.2 Å². The van der Waals surface area contributed by atoms with E-state index in [-0.39, 0.29) is 11.5 Å². The molecular formula is C35H33N3O5S2. The van der Waals surface area contributed by atoms with Crippen LogP contribution in [0.5, 0.6) is 11.5 Å². The predicted molar refractivity (Wildman–Crippen MR) is 182 cm³/mol. The zero-order valence-electron chi connectivity index (χ0n) is 24.7. The van der Waals surface area contributed by atoms with Crippen molar-refractivity contribution >= 4 is 57.2 Å². The first-order chi connectivity index (χ1) is 21.9. The summed E-state index contributed by atoms with van der Waals surface area (Å²) in [4.78, 5) is 33.7. The molecule has 230 valence electrons. The topological polar surface area (TPSA) is 92.2 Å². The Bertz CT molecular complexity index is 1750. The number of carboxylic acids is 1. The molecule has 2 aliphatic rings. The Hall–Kier alpha value is -4.25. The van der Waals surface area contributed by atoms with E-state index >= 15 is 0 Å². The summed E-state index contributed by atoms with van der Waals surface area (Å²) in [6.45, 7) is 4.42. The summed E-state index contributed by atoms with van der Waals surface area (Å²) in [5, 5.41) is 10.1. The second-order valence-electron chi connectivity index (χ2n) is 10.9. The number of hydrogen-bond donors (Lipinski definition) is 1. The number of carboxylic acid groups (broad SMARTS) is 1. The quantitative estimate of drug-likeness (QED) is 0.103. The summed E-state index contributed by atoms with van der Waals surface area (Å²) in [5.41, 5.74) is 3.92. The van der Waals surface area contributed by atoms with Crippen LogP contribution in [0.25, 0.3) is 28.1 Å². The number of para-hydroxylation sites is 1. The Balaban J connectivity index is 1.17. The number of fused-ring (bicyclic) bond motifs is 1. The van der Waals surface area contributed by atoms with Crippen LogP contribution < -0.4 is 9.47 Å². The fourth-order valence-electron chi connectivity index (χ4n) is 5.43.